The van der Waals surface area contributed by atoms with Crippen LogP contribution in [0.1, 0.15) is 16.1 Å². The SMILES string of the molecule is Cc1[nH]ccc1C(=O)C(Cl)(Cl)Cl. The fourth-order valence-corrected chi connectivity index (χ4v) is 1.16. The number of alkyl halides is 3. The van der Waals surface area contributed by atoms with E-state index in [1.165, 1.54) is 0 Å². The van der Waals surface area contributed by atoms with Crippen molar-refractivity contribution in [2.24, 2.45) is 0 Å². The van der Waals surface area contributed by atoms with Gasteiger partial charge in [-0.1, -0.05) is 34.8 Å². The van der Waals surface area contributed by atoms with Crippen molar-refractivity contribution in [1.82, 2.24) is 4.98 Å². The van der Waals surface area contributed by atoms with Crippen molar-refractivity contribution in [2.75, 3.05) is 0 Å². The molecule has 0 aliphatic rings. The van der Waals surface area contributed by atoms with Crippen LogP contribution >= 0.6 is 34.8 Å². The van der Waals surface area contributed by atoms with Gasteiger partial charge in [0.25, 0.3) is 3.79 Å². The zero-order valence-corrected chi connectivity index (χ0v) is 8.46. The van der Waals surface area contributed by atoms with Crippen molar-refractivity contribution in [3.05, 3.63) is 23.5 Å². The average molecular weight is 226 g/mol. The highest BCUT2D eigenvalue weighted by atomic mass is 35.6. The Bertz CT molecular complexity index is 300. The highest BCUT2D eigenvalue weighted by Gasteiger charge is 2.32. The minimum atomic E-state index is -1.87. The number of halogens is 3. The van der Waals surface area contributed by atoms with E-state index in [4.69, 9.17) is 34.8 Å². The summed E-state index contributed by atoms with van der Waals surface area (Å²) in [5.41, 5.74) is 1.11. The molecule has 0 aromatic carbocycles. The van der Waals surface area contributed by atoms with Gasteiger partial charge >= 0.3 is 0 Å². The van der Waals surface area contributed by atoms with Crippen molar-refractivity contribution in [3.63, 3.8) is 0 Å². The molecule has 0 aliphatic heterocycles. The lowest BCUT2D eigenvalue weighted by atomic mass is 10.2. The van der Waals surface area contributed by atoms with Gasteiger partial charge in [-0.25, -0.2) is 0 Å². The van der Waals surface area contributed by atoms with Crippen molar-refractivity contribution in [1.29, 1.82) is 0 Å². The van der Waals surface area contributed by atoms with Gasteiger partial charge < -0.3 is 4.98 Å². The third-order valence-corrected chi connectivity index (χ3v) is 1.97. The Balaban J connectivity index is 3.01. The highest BCUT2D eigenvalue weighted by Crippen LogP contribution is 2.31. The van der Waals surface area contributed by atoms with Gasteiger partial charge in [-0.2, -0.15) is 0 Å². The lowest BCUT2D eigenvalue weighted by Crippen LogP contribution is -2.19. The summed E-state index contributed by atoms with van der Waals surface area (Å²) in [6.07, 6.45) is 1.62. The third-order valence-electron chi connectivity index (χ3n) is 1.46. The molecule has 1 aromatic heterocycles. The van der Waals surface area contributed by atoms with E-state index in [-0.39, 0.29) is 0 Å². The molecule has 0 saturated carbocycles. The number of rotatable bonds is 1. The molecule has 12 heavy (non-hydrogen) atoms. The van der Waals surface area contributed by atoms with E-state index >= 15 is 0 Å². The van der Waals surface area contributed by atoms with Crippen LogP contribution in [-0.4, -0.2) is 14.6 Å². The summed E-state index contributed by atoms with van der Waals surface area (Å²) in [5, 5.41) is 0. The van der Waals surface area contributed by atoms with Gasteiger partial charge in [-0.05, 0) is 13.0 Å². The Morgan fingerprint density at radius 3 is 2.42 bits per heavy atom. The van der Waals surface area contributed by atoms with Gasteiger partial charge in [-0.15, -0.1) is 0 Å². The van der Waals surface area contributed by atoms with E-state index in [1.807, 2.05) is 0 Å². The van der Waals surface area contributed by atoms with E-state index in [9.17, 15) is 4.79 Å². The molecule has 1 N–H and O–H groups in total. The van der Waals surface area contributed by atoms with Crippen LogP contribution in [0.5, 0.6) is 0 Å². The quantitative estimate of drug-likeness (QED) is 0.580. The number of hydrogen-bond acceptors (Lipinski definition) is 1. The molecule has 1 aromatic rings. The normalized spacial score (nSPS) is 11.7. The van der Waals surface area contributed by atoms with E-state index in [1.54, 1.807) is 19.2 Å². The standard InChI is InChI=1S/C7H6Cl3NO/c1-4-5(2-3-11-4)6(12)7(8,9)10/h2-3,11H,1H3. The number of hydrogen-bond donors (Lipinski definition) is 1. The Morgan fingerprint density at radius 1 is 1.50 bits per heavy atom. The van der Waals surface area contributed by atoms with Gasteiger partial charge in [-0.3, -0.25) is 4.79 Å². The molecule has 0 fully saturated rings. The Morgan fingerprint density at radius 2 is 2.08 bits per heavy atom. The molecule has 0 atom stereocenters. The van der Waals surface area contributed by atoms with Crippen LogP contribution < -0.4 is 0 Å². The summed E-state index contributed by atoms with van der Waals surface area (Å²) in [7, 11) is 0. The molecule has 0 bridgehead atoms. The van der Waals surface area contributed by atoms with Gasteiger partial charge in [0, 0.05) is 17.5 Å². The largest absolute Gasteiger partial charge is 0.365 e. The summed E-state index contributed by atoms with van der Waals surface area (Å²) in [6, 6.07) is 1.58. The summed E-state index contributed by atoms with van der Waals surface area (Å²) >= 11 is 16.2. The molecule has 1 rings (SSSR count). The minimum absolute atomic E-state index is 0.412. The number of aryl methyl sites for hydroxylation is 1. The zero-order chi connectivity index (χ0) is 9.35. The maximum absolute atomic E-state index is 11.3. The van der Waals surface area contributed by atoms with Gasteiger partial charge in [0.2, 0.25) is 5.78 Å². The summed E-state index contributed by atoms with van der Waals surface area (Å²) in [6.45, 7) is 1.74. The molecular weight excluding hydrogens is 220 g/mol. The fraction of sp³-hybridized carbons (Fsp3) is 0.286. The van der Waals surface area contributed by atoms with Gasteiger partial charge in [0.05, 0.1) is 0 Å². The summed E-state index contributed by atoms with van der Waals surface area (Å²) in [5.74, 6) is -0.508. The molecule has 0 aliphatic carbocycles. The second kappa shape index (κ2) is 3.29. The highest BCUT2D eigenvalue weighted by molar-refractivity contribution is 6.77. The number of Topliss-reactive ketones (excluding diaryl/α,β-unsaturated/α-hetero) is 1. The van der Waals surface area contributed by atoms with Crippen LogP contribution in [0.25, 0.3) is 0 Å². The molecule has 66 valence electrons. The first-order valence-electron chi connectivity index (χ1n) is 3.18. The molecule has 2 nitrogen and oxygen atoms in total. The predicted octanol–water partition coefficient (Wildman–Crippen LogP) is 2.88. The second-order valence-corrected chi connectivity index (χ2v) is 4.62. The average Bonchev–Trinajstić information content (AvgIpc) is 2.31. The maximum Gasteiger partial charge on any atom is 0.253 e. The smallest absolute Gasteiger partial charge is 0.253 e. The number of carbonyl (C=O) groups is 1. The van der Waals surface area contributed by atoms with E-state index in [0.29, 0.717) is 11.3 Å². The van der Waals surface area contributed by atoms with Crippen LogP contribution in [0.15, 0.2) is 12.3 Å². The van der Waals surface area contributed by atoms with E-state index in [2.05, 4.69) is 4.98 Å². The predicted molar refractivity (Wildman–Crippen MR) is 50.2 cm³/mol. The van der Waals surface area contributed by atoms with Crippen molar-refractivity contribution >= 4 is 40.6 Å². The van der Waals surface area contributed by atoms with Crippen LogP contribution in [0, 0.1) is 6.92 Å². The van der Waals surface area contributed by atoms with Gasteiger partial charge in [0.1, 0.15) is 0 Å². The first-order valence-corrected chi connectivity index (χ1v) is 4.32. The Kier molecular flexibility index (Phi) is 2.71. The lowest BCUT2D eigenvalue weighted by Gasteiger charge is -2.07. The van der Waals surface area contributed by atoms with Crippen molar-refractivity contribution < 1.29 is 4.79 Å². The first-order chi connectivity index (χ1) is 5.43. The molecule has 0 spiro atoms. The van der Waals surface area contributed by atoms with Crippen LogP contribution in [0.2, 0.25) is 0 Å². The second-order valence-electron chi connectivity index (χ2n) is 2.34. The minimum Gasteiger partial charge on any atom is -0.365 e. The Labute approximate surface area is 84.8 Å². The van der Waals surface area contributed by atoms with E-state index < -0.39 is 9.58 Å². The molecule has 0 amide bonds. The number of aromatic amines is 1. The molecular formula is C7H6Cl3NO. The number of aromatic nitrogens is 1. The zero-order valence-electron chi connectivity index (χ0n) is 6.20. The molecule has 0 radical (unpaired) electrons. The summed E-state index contributed by atoms with van der Waals surface area (Å²) < 4.78 is -1.87. The van der Waals surface area contributed by atoms with E-state index in [0.717, 1.165) is 0 Å². The summed E-state index contributed by atoms with van der Waals surface area (Å²) in [4.78, 5) is 14.2. The molecule has 1 heterocycles. The van der Waals surface area contributed by atoms with Crippen LogP contribution in [0.4, 0.5) is 0 Å². The molecule has 5 heteroatoms. The lowest BCUT2D eigenvalue weighted by molar-refractivity contribution is 0.0996. The number of ketones is 1. The first kappa shape index (κ1) is 9.90. The van der Waals surface area contributed by atoms with Crippen molar-refractivity contribution in [3.8, 4) is 0 Å². The number of nitrogens with one attached hydrogen (secondary N) is 1. The van der Waals surface area contributed by atoms with Crippen LogP contribution in [0.3, 0.4) is 0 Å². The monoisotopic (exact) mass is 225 g/mol. The molecule has 0 saturated heterocycles. The van der Waals surface area contributed by atoms with Gasteiger partial charge in [0.15, 0.2) is 0 Å². The van der Waals surface area contributed by atoms with Crippen molar-refractivity contribution in [2.45, 2.75) is 10.7 Å². The van der Waals surface area contributed by atoms with Crippen LogP contribution in [-0.2, 0) is 0 Å². The third kappa shape index (κ3) is 1.94. The number of carbonyl (C=O) groups excluding carboxylic acids is 1. The maximum atomic E-state index is 11.3. The Hall–Kier alpha value is -0.180. The topological polar surface area (TPSA) is 32.9 Å². The number of H-pyrrole nitrogens is 1. The fourth-order valence-electron chi connectivity index (χ4n) is 0.851. The molecule has 0 unspecified atom stereocenters.